The minimum Gasteiger partial charge on any atom is -0.440 e. The van der Waals surface area contributed by atoms with Gasteiger partial charge in [-0.15, -0.1) is 11.3 Å². The molecule has 1 aromatic carbocycles. The van der Waals surface area contributed by atoms with E-state index in [0.29, 0.717) is 22.6 Å². The average Bonchev–Trinajstić information content (AvgIpc) is 3.33. The number of nitrogens with zero attached hydrogens (tertiary/aromatic N) is 2. The van der Waals surface area contributed by atoms with Crippen LogP contribution in [0.15, 0.2) is 33.0 Å². The van der Waals surface area contributed by atoms with Crippen LogP contribution >= 0.6 is 11.3 Å². The Morgan fingerprint density at radius 1 is 1.19 bits per heavy atom. The summed E-state index contributed by atoms with van der Waals surface area (Å²) in [5.74, 6) is 4.13. The molecule has 172 valence electrons. The predicted octanol–water partition coefficient (Wildman–Crippen LogP) is 6.53. The molecular weight excluding hydrogens is 440 g/mol. The largest absolute Gasteiger partial charge is 0.440 e. The van der Waals surface area contributed by atoms with Gasteiger partial charge in [0, 0.05) is 24.3 Å². The average molecular weight is 473 g/mol. The summed E-state index contributed by atoms with van der Waals surface area (Å²) in [7, 11) is -3.35. The van der Waals surface area contributed by atoms with Gasteiger partial charge in [-0.25, -0.2) is 18.4 Å². The standard InChI is InChI=1S/C25H32N2O3S2/c1-3-18-12-16-5-4-6-19(18)13-17(11-16)7-8-23-27-22-15-20(32(2,28)29)14-21(24(22)30-23)25-26-9-10-31-25/h9-10,14-19H,3-8,11-13H2,1-2H3. The third-order valence-electron chi connectivity index (χ3n) is 7.68. The lowest BCUT2D eigenvalue weighted by Crippen LogP contribution is -2.15. The van der Waals surface area contributed by atoms with Crippen LogP contribution in [-0.2, 0) is 16.3 Å². The molecule has 2 aromatic heterocycles. The van der Waals surface area contributed by atoms with Crippen molar-refractivity contribution >= 4 is 32.3 Å². The SMILES string of the molecule is CCC1CC2CCCC1CC(CCc1nc3cc(S(C)(=O)=O)cc(-c4nccs4)c3o1)C2. The molecule has 0 aliphatic heterocycles. The molecule has 2 saturated carbocycles. The molecule has 2 heterocycles. The van der Waals surface area contributed by atoms with Crippen molar-refractivity contribution in [3.05, 3.63) is 29.6 Å². The molecule has 0 saturated heterocycles. The van der Waals surface area contributed by atoms with Crippen molar-refractivity contribution in [3.63, 3.8) is 0 Å². The fourth-order valence-corrected chi connectivity index (χ4v) is 7.42. The van der Waals surface area contributed by atoms with E-state index in [1.54, 1.807) is 18.3 Å². The highest BCUT2D eigenvalue weighted by Gasteiger charge is 2.34. The molecule has 3 aromatic rings. The molecular formula is C25H32N2O3S2. The van der Waals surface area contributed by atoms with E-state index in [1.165, 1.54) is 62.5 Å². The Morgan fingerprint density at radius 2 is 2.06 bits per heavy atom. The number of thiazole rings is 1. The van der Waals surface area contributed by atoms with E-state index in [1.807, 2.05) is 5.38 Å². The molecule has 5 rings (SSSR count). The highest BCUT2D eigenvalue weighted by molar-refractivity contribution is 7.90. The maximum atomic E-state index is 12.2. The van der Waals surface area contributed by atoms with Crippen molar-refractivity contribution in [1.29, 1.82) is 0 Å². The molecule has 2 bridgehead atoms. The second kappa shape index (κ2) is 8.90. The summed E-state index contributed by atoms with van der Waals surface area (Å²) in [5.41, 5.74) is 1.97. The molecule has 5 nitrogen and oxygen atoms in total. The summed E-state index contributed by atoms with van der Waals surface area (Å²) < 4.78 is 30.7. The molecule has 32 heavy (non-hydrogen) atoms. The second-order valence-electron chi connectivity index (χ2n) is 9.87. The van der Waals surface area contributed by atoms with Crippen molar-refractivity contribution in [1.82, 2.24) is 9.97 Å². The number of sulfone groups is 1. The number of hydrogen-bond donors (Lipinski definition) is 0. The first-order valence-electron chi connectivity index (χ1n) is 11.9. The summed E-state index contributed by atoms with van der Waals surface area (Å²) in [6, 6.07) is 3.31. The second-order valence-corrected chi connectivity index (χ2v) is 12.8. The smallest absolute Gasteiger partial charge is 0.195 e. The molecule has 0 radical (unpaired) electrons. The summed E-state index contributed by atoms with van der Waals surface area (Å²) in [6.07, 6.45) is 14.5. The van der Waals surface area contributed by atoms with Gasteiger partial charge in [0.05, 0.1) is 10.5 Å². The fraction of sp³-hybridized carbons (Fsp3) is 0.600. The number of hydrogen-bond acceptors (Lipinski definition) is 6. The zero-order chi connectivity index (χ0) is 22.3. The van der Waals surface area contributed by atoms with Crippen LogP contribution in [0.25, 0.3) is 21.7 Å². The third kappa shape index (κ3) is 4.51. The number of fused-ring (bicyclic) bond motifs is 4. The maximum absolute atomic E-state index is 12.2. The van der Waals surface area contributed by atoms with Crippen molar-refractivity contribution in [2.45, 2.75) is 69.6 Å². The predicted molar refractivity (Wildman–Crippen MR) is 129 cm³/mol. The summed E-state index contributed by atoms with van der Waals surface area (Å²) in [4.78, 5) is 9.36. The van der Waals surface area contributed by atoms with Gasteiger partial charge in [-0.05, 0) is 61.5 Å². The zero-order valence-electron chi connectivity index (χ0n) is 18.9. The van der Waals surface area contributed by atoms with Crippen LogP contribution in [0.1, 0.15) is 64.2 Å². The molecule has 0 spiro atoms. The van der Waals surface area contributed by atoms with Gasteiger partial charge in [0.15, 0.2) is 21.3 Å². The molecule has 2 aliphatic rings. The minimum absolute atomic E-state index is 0.261. The third-order valence-corrected chi connectivity index (χ3v) is 9.58. The number of benzene rings is 1. The molecule has 4 unspecified atom stereocenters. The Kier molecular flexibility index (Phi) is 6.14. The van der Waals surface area contributed by atoms with E-state index in [9.17, 15) is 8.42 Å². The van der Waals surface area contributed by atoms with E-state index in [4.69, 9.17) is 9.40 Å². The van der Waals surface area contributed by atoms with Crippen LogP contribution in [0.5, 0.6) is 0 Å². The summed E-state index contributed by atoms with van der Waals surface area (Å²) >= 11 is 1.48. The fourth-order valence-electron chi connectivity index (χ4n) is 6.12. The van der Waals surface area contributed by atoms with Crippen LogP contribution in [0.4, 0.5) is 0 Å². The van der Waals surface area contributed by atoms with Gasteiger partial charge in [0.25, 0.3) is 0 Å². The van der Waals surface area contributed by atoms with Crippen molar-refractivity contribution in [2.24, 2.45) is 23.7 Å². The van der Waals surface area contributed by atoms with Crippen LogP contribution in [-0.4, -0.2) is 24.6 Å². The highest BCUT2D eigenvalue weighted by atomic mass is 32.2. The summed E-state index contributed by atoms with van der Waals surface area (Å²) in [6.45, 7) is 2.36. The first-order valence-corrected chi connectivity index (χ1v) is 14.7. The number of aryl methyl sites for hydroxylation is 1. The molecule has 2 fully saturated rings. The van der Waals surface area contributed by atoms with Crippen molar-refractivity contribution in [2.75, 3.05) is 6.26 Å². The van der Waals surface area contributed by atoms with Crippen LogP contribution < -0.4 is 0 Å². The van der Waals surface area contributed by atoms with Gasteiger partial charge >= 0.3 is 0 Å². The Morgan fingerprint density at radius 3 is 2.81 bits per heavy atom. The first-order chi connectivity index (χ1) is 15.4. The lowest BCUT2D eigenvalue weighted by atomic mass is 9.80. The number of aromatic nitrogens is 2. The van der Waals surface area contributed by atoms with Crippen LogP contribution in [0.2, 0.25) is 0 Å². The maximum Gasteiger partial charge on any atom is 0.195 e. The number of rotatable bonds is 6. The quantitative estimate of drug-likeness (QED) is 0.408. The van der Waals surface area contributed by atoms with Crippen LogP contribution in [0.3, 0.4) is 0 Å². The van der Waals surface area contributed by atoms with Gasteiger partial charge in [-0.1, -0.05) is 32.6 Å². The zero-order valence-corrected chi connectivity index (χ0v) is 20.6. The van der Waals surface area contributed by atoms with Gasteiger partial charge in [-0.3, -0.25) is 0 Å². The Labute approximate surface area is 194 Å². The monoisotopic (exact) mass is 472 g/mol. The van der Waals surface area contributed by atoms with E-state index in [2.05, 4.69) is 11.9 Å². The summed E-state index contributed by atoms with van der Waals surface area (Å²) in [5, 5.41) is 2.64. The molecule has 0 amide bonds. The van der Waals surface area contributed by atoms with E-state index < -0.39 is 9.84 Å². The minimum atomic E-state index is -3.35. The van der Waals surface area contributed by atoms with Crippen LogP contribution in [0, 0.1) is 23.7 Å². The van der Waals surface area contributed by atoms with Gasteiger partial charge < -0.3 is 4.42 Å². The van der Waals surface area contributed by atoms with E-state index in [-0.39, 0.29) is 4.90 Å². The van der Waals surface area contributed by atoms with Gasteiger partial charge in [0.2, 0.25) is 0 Å². The lowest BCUT2D eigenvalue weighted by Gasteiger charge is -2.26. The van der Waals surface area contributed by atoms with Crippen molar-refractivity contribution in [3.8, 4) is 10.6 Å². The topological polar surface area (TPSA) is 73.1 Å². The normalized spacial score (nSPS) is 26.3. The Hall–Kier alpha value is -1.73. The highest BCUT2D eigenvalue weighted by Crippen LogP contribution is 2.45. The van der Waals surface area contributed by atoms with Crippen molar-refractivity contribution < 1.29 is 12.8 Å². The van der Waals surface area contributed by atoms with Gasteiger partial charge in [-0.2, -0.15) is 0 Å². The Balaban J connectivity index is 1.40. The number of oxazole rings is 1. The van der Waals surface area contributed by atoms with E-state index in [0.717, 1.165) is 41.5 Å². The lowest BCUT2D eigenvalue weighted by molar-refractivity contribution is 0.255. The molecule has 2 aliphatic carbocycles. The van der Waals surface area contributed by atoms with Gasteiger partial charge in [0.1, 0.15) is 10.5 Å². The molecule has 0 N–H and O–H groups in total. The molecule has 7 heteroatoms. The molecule has 4 atom stereocenters. The first kappa shape index (κ1) is 22.1. The Bertz CT molecular complexity index is 1180. The van der Waals surface area contributed by atoms with E-state index >= 15 is 0 Å².